The molecule has 0 unspecified atom stereocenters. The van der Waals surface area contributed by atoms with Crippen molar-refractivity contribution in [1.82, 2.24) is 19.9 Å². The second-order valence-electron chi connectivity index (χ2n) is 7.30. The lowest BCUT2D eigenvalue weighted by molar-refractivity contribution is 0.393. The summed E-state index contributed by atoms with van der Waals surface area (Å²) in [5.74, 6) is 2.84. The van der Waals surface area contributed by atoms with Crippen LogP contribution in [0.4, 0.5) is 17.5 Å². The van der Waals surface area contributed by atoms with E-state index in [2.05, 4.69) is 25.6 Å². The standard InChI is InChI=1S/C24H22N6O2/c1-31-16-10-15(11-17(12-16)32-2)5-9-27-24-28-13-20-18-6-8-25-14-21(18)29-23-19(22(20)30-24)4-3-7-26-23/h3-4,6-8,10-14H,5,9H2,1-2H3,(H,26,29)(H,27,28,30). The van der Waals surface area contributed by atoms with Crippen molar-refractivity contribution in [2.75, 3.05) is 31.4 Å². The lowest BCUT2D eigenvalue weighted by Crippen LogP contribution is -2.09. The summed E-state index contributed by atoms with van der Waals surface area (Å²) >= 11 is 0. The van der Waals surface area contributed by atoms with Crippen LogP contribution in [0.3, 0.4) is 0 Å². The molecular weight excluding hydrogens is 404 g/mol. The minimum absolute atomic E-state index is 0.561. The van der Waals surface area contributed by atoms with Gasteiger partial charge in [0.05, 0.1) is 31.8 Å². The van der Waals surface area contributed by atoms with Crippen LogP contribution in [0.1, 0.15) is 5.56 Å². The fourth-order valence-corrected chi connectivity index (χ4v) is 3.75. The molecule has 160 valence electrons. The third-order valence-corrected chi connectivity index (χ3v) is 5.32. The Labute approximate surface area is 185 Å². The Kier molecular flexibility index (Phi) is 5.25. The number of fused-ring (bicyclic) bond motifs is 5. The molecular formula is C24H22N6O2. The van der Waals surface area contributed by atoms with Gasteiger partial charge in [0, 0.05) is 47.9 Å². The minimum atomic E-state index is 0.561. The van der Waals surface area contributed by atoms with E-state index in [1.807, 2.05) is 42.6 Å². The number of nitrogens with zero attached hydrogens (tertiary/aromatic N) is 4. The van der Waals surface area contributed by atoms with Gasteiger partial charge in [0.1, 0.15) is 17.3 Å². The Morgan fingerprint density at radius 1 is 0.906 bits per heavy atom. The number of hydrogen-bond donors (Lipinski definition) is 2. The summed E-state index contributed by atoms with van der Waals surface area (Å²) in [6, 6.07) is 11.7. The first-order valence-corrected chi connectivity index (χ1v) is 10.2. The largest absolute Gasteiger partial charge is 0.497 e. The zero-order chi connectivity index (χ0) is 21.9. The molecule has 0 spiro atoms. The molecule has 3 aromatic heterocycles. The second-order valence-corrected chi connectivity index (χ2v) is 7.30. The third-order valence-electron chi connectivity index (χ3n) is 5.32. The van der Waals surface area contributed by atoms with Crippen molar-refractivity contribution in [3.63, 3.8) is 0 Å². The van der Waals surface area contributed by atoms with E-state index in [9.17, 15) is 0 Å². The van der Waals surface area contributed by atoms with Gasteiger partial charge in [-0.05, 0) is 42.3 Å². The molecule has 1 aromatic carbocycles. The summed E-state index contributed by atoms with van der Waals surface area (Å²) in [6.45, 7) is 0.660. The van der Waals surface area contributed by atoms with E-state index in [0.29, 0.717) is 12.5 Å². The van der Waals surface area contributed by atoms with Crippen molar-refractivity contribution >= 4 is 17.5 Å². The molecule has 0 bridgehead atoms. The summed E-state index contributed by atoms with van der Waals surface area (Å²) in [7, 11) is 3.30. The number of ether oxygens (including phenoxy) is 2. The number of nitrogens with one attached hydrogen (secondary N) is 2. The average molecular weight is 426 g/mol. The van der Waals surface area contributed by atoms with Gasteiger partial charge in [-0.25, -0.2) is 15.0 Å². The van der Waals surface area contributed by atoms with Crippen molar-refractivity contribution in [2.24, 2.45) is 0 Å². The second kappa shape index (κ2) is 8.50. The topological polar surface area (TPSA) is 94.1 Å². The summed E-state index contributed by atoms with van der Waals surface area (Å²) < 4.78 is 10.7. The lowest BCUT2D eigenvalue weighted by atomic mass is 10.0. The van der Waals surface area contributed by atoms with Crippen LogP contribution in [0.5, 0.6) is 11.5 Å². The Morgan fingerprint density at radius 2 is 1.75 bits per heavy atom. The van der Waals surface area contributed by atoms with Crippen LogP contribution in [0.2, 0.25) is 0 Å². The molecule has 4 heterocycles. The highest BCUT2D eigenvalue weighted by atomic mass is 16.5. The lowest BCUT2D eigenvalue weighted by Gasteiger charge is -2.12. The highest BCUT2D eigenvalue weighted by Crippen LogP contribution is 2.41. The van der Waals surface area contributed by atoms with Gasteiger partial charge >= 0.3 is 0 Å². The fraction of sp³-hybridized carbons (Fsp3) is 0.167. The molecule has 1 aliphatic rings. The zero-order valence-electron chi connectivity index (χ0n) is 17.8. The predicted molar refractivity (Wildman–Crippen MR) is 124 cm³/mol. The molecule has 0 fully saturated rings. The highest BCUT2D eigenvalue weighted by Gasteiger charge is 2.21. The van der Waals surface area contributed by atoms with Gasteiger partial charge in [-0.3, -0.25) is 4.98 Å². The van der Waals surface area contributed by atoms with Crippen molar-refractivity contribution < 1.29 is 9.47 Å². The maximum absolute atomic E-state index is 5.36. The van der Waals surface area contributed by atoms with Crippen molar-refractivity contribution in [3.05, 3.63) is 66.7 Å². The van der Waals surface area contributed by atoms with Crippen molar-refractivity contribution in [3.8, 4) is 33.9 Å². The van der Waals surface area contributed by atoms with Gasteiger partial charge in [-0.15, -0.1) is 0 Å². The summed E-state index contributed by atoms with van der Waals surface area (Å²) in [6.07, 6.45) is 7.93. The Balaban J connectivity index is 1.43. The maximum atomic E-state index is 5.36. The van der Waals surface area contributed by atoms with Crippen LogP contribution in [-0.2, 0) is 6.42 Å². The first kappa shape index (κ1) is 19.7. The van der Waals surface area contributed by atoms with E-state index in [-0.39, 0.29) is 0 Å². The van der Waals surface area contributed by atoms with Crippen LogP contribution in [0, 0.1) is 0 Å². The Bertz CT molecular complexity index is 1250. The van der Waals surface area contributed by atoms with Crippen LogP contribution in [0.15, 0.2) is 61.2 Å². The Hall–Kier alpha value is -4.20. The monoisotopic (exact) mass is 426 g/mol. The zero-order valence-corrected chi connectivity index (χ0v) is 17.8. The average Bonchev–Trinajstić information content (AvgIpc) is 2.98. The number of benzene rings is 1. The van der Waals surface area contributed by atoms with Gasteiger partial charge in [0.15, 0.2) is 0 Å². The molecule has 8 heteroatoms. The highest BCUT2D eigenvalue weighted by molar-refractivity contribution is 5.95. The summed E-state index contributed by atoms with van der Waals surface area (Å²) in [5, 5.41) is 6.71. The van der Waals surface area contributed by atoms with Crippen LogP contribution in [0.25, 0.3) is 22.4 Å². The fourth-order valence-electron chi connectivity index (χ4n) is 3.75. The number of pyridine rings is 2. The molecule has 8 nitrogen and oxygen atoms in total. The number of hydrogen-bond acceptors (Lipinski definition) is 8. The van der Waals surface area contributed by atoms with Crippen molar-refractivity contribution in [1.29, 1.82) is 0 Å². The van der Waals surface area contributed by atoms with E-state index in [1.54, 1.807) is 32.8 Å². The van der Waals surface area contributed by atoms with Crippen LogP contribution >= 0.6 is 0 Å². The van der Waals surface area contributed by atoms with Gasteiger partial charge in [-0.2, -0.15) is 0 Å². The molecule has 1 aliphatic heterocycles. The molecule has 0 amide bonds. The smallest absolute Gasteiger partial charge is 0.223 e. The van der Waals surface area contributed by atoms with E-state index < -0.39 is 0 Å². The number of aromatic nitrogens is 4. The van der Waals surface area contributed by atoms with Crippen LogP contribution < -0.4 is 20.1 Å². The summed E-state index contributed by atoms with van der Waals surface area (Å²) in [5.41, 5.74) is 5.65. The summed E-state index contributed by atoms with van der Waals surface area (Å²) in [4.78, 5) is 18.1. The van der Waals surface area contributed by atoms with Crippen LogP contribution in [-0.4, -0.2) is 40.7 Å². The quantitative estimate of drug-likeness (QED) is 0.414. The van der Waals surface area contributed by atoms with Gasteiger partial charge in [-0.1, -0.05) is 0 Å². The molecule has 0 atom stereocenters. The van der Waals surface area contributed by atoms with E-state index in [1.165, 1.54) is 0 Å². The van der Waals surface area contributed by atoms with E-state index in [0.717, 1.165) is 57.4 Å². The number of methoxy groups -OCH3 is 2. The molecule has 0 saturated heterocycles. The van der Waals surface area contributed by atoms with Gasteiger partial charge in [0.25, 0.3) is 0 Å². The number of rotatable bonds is 6. The van der Waals surface area contributed by atoms with E-state index in [4.69, 9.17) is 14.5 Å². The molecule has 0 saturated carbocycles. The maximum Gasteiger partial charge on any atom is 0.223 e. The van der Waals surface area contributed by atoms with Crippen molar-refractivity contribution in [2.45, 2.75) is 6.42 Å². The van der Waals surface area contributed by atoms with E-state index >= 15 is 0 Å². The number of anilines is 3. The molecule has 0 radical (unpaired) electrons. The van der Waals surface area contributed by atoms with Gasteiger partial charge < -0.3 is 20.1 Å². The molecule has 5 rings (SSSR count). The molecule has 0 aliphatic carbocycles. The predicted octanol–water partition coefficient (Wildman–Crippen LogP) is 4.33. The van der Waals surface area contributed by atoms with Gasteiger partial charge in [0.2, 0.25) is 5.95 Å². The first-order valence-electron chi connectivity index (χ1n) is 10.2. The molecule has 2 N–H and O–H groups in total. The first-order chi connectivity index (χ1) is 15.7. The molecule has 4 aromatic rings. The molecule has 32 heavy (non-hydrogen) atoms. The Morgan fingerprint density at radius 3 is 2.56 bits per heavy atom. The normalized spacial score (nSPS) is 11.3. The minimum Gasteiger partial charge on any atom is -0.497 e. The SMILES string of the molecule is COc1cc(CCNc2ncc3c(n2)-c2cccnc2Nc2cnccc2-3)cc(OC)c1. The third kappa shape index (κ3) is 3.78.